The van der Waals surface area contributed by atoms with Gasteiger partial charge in [0.1, 0.15) is 0 Å². The van der Waals surface area contributed by atoms with Gasteiger partial charge in [0.15, 0.2) is 0 Å². The lowest BCUT2D eigenvalue weighted by atomic mass is 10.1. The van der Waals surface area contributed by atoms with Crippen LogP contribution in [0.3, 0.4) is 0 Å². The second-order valence-electron chi connectivity index (χ2n) is 6.14. The molecule has 1 heterocycles. The van der Waals surface area contributed by atoms with Crippen LogP contribution in [0.2, 0.25) is 5.02 Å². The molecule has 2 rings (SSSR count). The molecule has 0 bridgehead atoms. The van der Waals surface area contributed by atoms with Crippen molar-refractivity contribution in [2.45, 2.75) is 24.6 Å². The van der Waals surface area contributed by atoms with Crippen LogP contribution in [-0.4, -0.2) is 64.1 Å². The van der Waals surface area contributed by atoms with Crippen LogP contribution in [0, 0.1) is 0 Å². The van der Waals surface area contributed by atoms with Crippen LogP contribution in [0.4, 0.5) is 0 Å². The van der Waals surface area contributed by atoms with Crippen LogP contribution in [0.15, 0.2) is 24.3 Å². The first-order valence-corrected chi connectivity index (χ1v) is 9.83. The molecule has 0 amide bonds. The summed E-state index contributed by atoms with van der Waals surface area (Å²) in [5.74, 6) is 0.00888. The van der Waals surface area contributed by atoms with Crippen molar-refractivity contribution in [2.75, 3.05) is 40.4 Å². The number of hydrogen-bond acceptors (Lipinski definition) is 4. The van der Waals surface area contributed by atoms with Gasteiger partial charge in [-0.1, -0.05) is 23.7 Å². The molecule has 1 aromatic rings. The molecular formula is C16H25ClN2O3S. The minimum atomic E-state index is -3.38. The van der Waals surface area contributed by atoms with E-state index in [9.17, 15) is 8.42 Å². The first-order valence-electron chi connectivity index (χ1n) is 7.85. The van der Waals surface area contributed by atoms with E-state index in [0.717, 1.165) is 18.4 Å². The minimum Gasteiger partial charge on any atom is -0.381 e. The zero-order valence-electron chi connectivity index (χ0n) is 13.7. The van der Waals surface area contributed by atoms with Crippen molar-refractivity contribution in [2.24, 2.45) is 0 Å². The Labute approximate surface area is 144 Å². The van der Waals surface area contributed by atoms with Crippen LogP contribution in [0.25, 0.3) is 0 Å². The van der Waals surface area contributed by atoms with Crippen molar-refractivity contribution < 1.29 is 13.2 Å². The van der Waals surface area contributed by atoms with Crippen molar-refractivity contribution in [3.63, 3.8) is 0 Å². The molecule has 0 saturated carbocycles. The Bertz CT molecular complexity index is 584. The summed E-state index contributed by atoms with van der Waals surface area (Å²) < 4.78 is 32.9. The summed E-state index contributed by atoms with van der Waals surface area (Å²) in [6, 6.07) is 7.03. The predicted molar refractivity (Wildman–Crippen MR) is 93.2 cm³/mol. The summed E-state index contributed by atoms with van der Waals surface area (Å²) in [5.41, 5.74) is 0.760. The van der Waals surface area contributed by atoms with Gasteiger partial charge in [0, 0.05) is 37.4 Å². The summed E-state index contributed by atoms with van der Waals surface area (Å²) >= 11 is 5.87. The van der Waals surface area contributed by atoms with E-state index < -0.39 is 10.0 Å². The zero-order chi connectivity index (χ0) is 16.9. The van der Waals surface area contributed by atoms with E-state index in [1.165, 1.54) is 0 Å². The van der Waals surface area contributed by atoms with E-state index in [-0.39, 0.29) is 11.8 Å². The van der Waals surface area contributed by atoms with Gasteiger partial charge in [-0.05, 0) is 44.6 Å². The second kappa shape index (κ2) is 8.44. The van der Waals surface area contributed by atoms with Crippen molar-refractivity contribution in [1.29, 1.82) is 0 Å². The fourth-order valence-electron chi connectivity index (χ4n) is 2.69. The van der Waals surface area contributed by atoms with Gasteiger partial charge in [-0.15, -0.1) is 0 Å². The number of benzene rings is 1. The Morgan fingerprint density at radius 3 is 2.30 bits per heavy atom. The molecule has 7 heteroatoms. The van der Waals surface area contributed by atoms with Crippen LogP contribution < -0.4 is 0 Å². The lowest BCUT2D eigenvalue weighted by Crippen LogP contribution is -2.46. The maximum Gasteiger partial charge on any atom is 0.218 e. The molecule has 1 saturated heterocycles. The summed E-state index contributed by atoms with van der Waals surface area (Å²) in [6.07, 6.45) is 1.51. The lowest BCUT2D eigenvalue weighted by Gasteiger charge is -2.34. The van der Waals surface area contributed by atoms with Crippen molar-refractivity contribution in [3.05, 3.63) is 34.9 Å². The van der Waals surface area contributed by atoms with Crippen LogP contribution in [-0.2, 0) is 20.5 Å². The number of nitrogens with zero attached hydrogens (tertiary/aromatic N) is 2. The Morgan fingerprint density at radius 1 is 1.13 bits per heavy atom. The van der Waals surface area contributed by atoms with E-state index in [1.807, 2.05) is 19.0 Å². The van der Waals surface area contributed by atoms with Gasteiger partial charge in [-0.2, -0.15) is 4.31 Å². The lowest BCUT2D eigenvalue weighted by molar-refractivity contribution is 0.0572. The monoisotopic (exact) mass is 360 g/mol. The quantitative estimate of drug-likeness (QED) is 0.748. The number of hydrogen-bond donors (Lipinski definition) is 0. The second-order valence-corrected chi connectivity index (χ2v) is 8.50. The summed E-state index contributed by atoms with van der Waals surface area (Å²) in [4.78, 5) is 2.00. The Balaban J connectivity index is 2.15. The molecular weight excluding hydrogens is 336 g/mol. The maximum absolute atomic E-state index is 12.9. The van der Waals surface area contributed by atoms with Gasteiger partial charge < -0.3 is 9.64 Å². The Hall–Kier alpha value is -0.660. The van der Waals surface area contributed by atoms with E-state index in [4.69, 9.17) is 16.3 Å². The SMILES string of the molecule is CN(C)CCN(C1CCOCC1)S(=O)(=O)Cc1ccc(Cl)cc1. The number of likely N-dealkylation sites (N-methyl/N-ethyl adjacent to an activating group) is 1. The Morgan fingerprint density at radius 2 is 1.74 bits per heavy atom. The fraction of sp³-hybridized carbons (Fsp3) is 0.625. The largest absolute Gasteiger partial charge is 0.381 e. The fourth-order valence-corrected chi connectivity index (χ4v) is 4.63. The van der Waals surface area contributed by atoms with Crippen molar-refractivity contribution in [1.82, 2.24) is 9.21 Å². The molecule has 1 fully saturated rings. The molecule has 1 aromatic carbocycles. The molecule has 1 aliphatic heterocycles. The standard InChI is InChI=1S/C16H25ClN2O3S/c1-18(2)9-10-19(16-7-11-22-12-8-16)23(20,21)13-14-3-5-15(17)6-4-14/h3-6,16H,7-13H2,1-2H3. The van der Waals surface area contributed by atoms with E-state index in [1.54, 1.807) is 28.6 Å². The number of ether oxygens (including phenoxy) is 1. The highest BCUT2D eigenvalue weighted by Gasteiger charge is 2.31. The van der Waals surface area contributed by atoms with Crippen molar-refractivity contribution >= 4 is 21.6 Å². The summed E-state index contributed by atoms with van der Waals surface area (Å²) in [5, 5.41) is 0.611. The minimum absolute atomic E-state index is 0.00888. The van der Waals surface area contributed by atoms with Crippen LogP contribution in [0.5, 0.6) is 0 Å². The van der Waals surface area contributed by atoms with Gasteiger partial charge in [-0.25, -0.2) is 8.42 Å². The number of sulfonamides is 1. The van der Waals surface area contributed by atoms with Gasteiger partial charge >= 0.3 is 0 Å². The molecule has 130 valence electrons. The molecule has 5 nitrogen and oxygen atoms in total. The number of halogens is 1. The molecule has 1 aliphatic rings. The van der Waals surface area contributed by atoms with Gasteiger partial charge in [0.2, 0.25) is 10.0 Å². The molecule has 0 spiro atoms. The molecule has 0 aliphatic carbocycles. The first kappa shape index (κ1) is 18.7. The van der Waals surface area contributed by atoms with Gasteiger partial charge in [-0.3, -0.25) is 0 Å². The third-order valence-corrected chi connectivity index (χ3v) is 6.13. The summed E-state index contributed by atoms with van der Waals surface area (Å²) in [7, 11) is 0.529. The third-order valence-electron chi connectivity index (χ3n) is 3.99. The zero-order valence-corrected chi connectivity index (χ0v) is 15.3. The van der Waals surface area contributed by atoms with E-state index >= 15 is 0 Å². The Kier molecular flexibility index (Phi) is 6.85. The molecule has 0 atom stereocenters. The smallest absolute Gasteiger partial charge is 0.218 e. The van der Waals surface area contributed by atoms with E-state index in [0.29, 0.717) is 31.3 Å². The summed E-state index contributed by atoms with van der Waals surface area (Å²) in [6.45, 7) is 2.46. The highest BCUT2D eigenvalue weighted by Crippen LogP contribution is 2.21. The van der Waals surface area contributed by atoms with Crippen molar-refractivity contribution in [3.8, 4) is 0 Å². The topological polar surface area (TPSA) is 49.9 Å². The molecule has 0 unspecified atom stereocenters. The molecule has 23 heavy (non-hydrogen) atoms. The predicted octanol–water partition coefficient (Wildman–Crippen LogP) is 2.21. The maximum atomic E-state index is 12.9. The van der Waals surface area contributed by atoms with Gasteiger partial charge in [0.05, 0.1) is 5.75 Å². The van der Waals surface area contributed by atoms with Crippen LogP contribution >= 0.6 is 11.6 Å². The van der Waals surface area contributed by atoms with Gasteiger partial charge in [0.25, 0.3) is 0 Å². The van der Waals surface area contributed by atoms with E-state index in [2.05, 4.69) is 0 Å². The normalized spacial score (nSPS) is 17.1. The average Bonchev–Trinajstić information content (AvgIpc) is 2.50. The van der Waals surface area contributed by atoms with Crippen LogP contribution in [0.1, 0.15) is 18.4 Å². The number of rotatable bonds is 7. The third kappa shape index (κ3) is 5.72. The average molecular weight is 361 g/mol. The highest BCUT2D eigenvalue weighted by molar-refractivity contribution is 7.88. The molecule has 0 aromatic heterocycles. The highest BCUT2D eigenvalue weighted by atomic mass is 35.5. The molecule has 0 radical (unpaired) electrons. The first-order chi connectivity index (χ1) is 10.9. The molecule has 0 N–H and O–H groups in total.